The van der Waals surface area contributed by atoms with E-state index in [-0.39, 0.29) is 23.1 Å². The van der Waals surface area contributed by atoms with Crippen LogP contribution in [0.1, 0.15) is 0 Å². The first-order valence-corrected chi connectivity index (χ1v) is 5.01. The summed E-state index contributed by atoms with van der Waals surface area (Å²) < 4.78 is 31.2. The summed E-state index contributed by atoms with van der Waals surface area (Å²) in [6, 6.07) is 2.04. The van der Waals surface area contributed by atoms with Crippen LogP contribution in [-0.4, -0.2) is 19.8 Å². The predicted octanol–water partition coefficient (Wildman–Crippen LogP) is 3.10. The lowest BCUT2D eigenvalue weighted by molar-refractivity contribution is -0.0248. The maximum absolute atomic E-state index is 13.3. The molecule has 2 nitrogen and oxygen atoms in total. The minimum Gasteiger partial charge on any atom is -0.382 e. The number of hydrogen-bond donors (Lipinski definition) is 1. The Morgan fingerprint density at radius 1 is 1.31 bits per heavy atom. The summed E-state index contributed by atoms with van der Waals surface area (Å²) in [7, 11) is 0. The summed E-state index contributed by atoms with van der Waals surface area (Å²) in [5.74, 6) is -0.782. The molecule has 1 aromatic carbocycles. The first-order valence-electron chi connectivity index (χ1n) is 4.63. The molecule has 0 radical (unpaired) electrons. The van der Waals surface area contributed by atoms with Gasteiger partial charge in [-0.05, 0) is 6.07 Å². The average Bonchev–Trinajstić information content (AvgIpc) is 2.11. The van der Waals surface area contributed by atoms with Crippen molar-refractivity contribution in [1.29, 1.82) is 0 Å². The summed E-state index contributed by atoms with van der Waals surface area (Å²) >= 11 is 5.42. The molecule has 6 heteroatoms. The monoisotopic (exact) mass is 269 g/mol. The molecule has 0 saturated carbocycles. The second kappa shape index (κ2) is 5.66. The molecule has 1 fully saturated rings. The van der Waals surface area contributed by atoms with Gasteiger partial charge in [-0.25, -0.2) is 8.78 Å². The van der Waals surface area contributed by atoms with E-state index < -0.39 is 11.6 Å². The lowest BCUT2D eigenvalue weighted by atomic mass is 10.1. The van der Waals surface area contributed by atoms with Gasteiger partial charge in [-0.1, -0.05) is 11.6 Å². The molecule has 16 heavy (non-hydrogen) atoms. The largest absolute Gasteiger partial charge is 0.382 e. The molecule has 0 amide bonds. The molecule has 1 N–H and O–H groups in total. The summed E-state index contributed by atoms with van der Waals surface area (Å²) in [6.45, 7) is 1.92. The Hall–Kier alpha value is -0.580. The topological polar surface area (TPSA) is 21.3 Å². The van der Waals surface area contributed by atoms with Gasteiger partial charge in [0.1, 0.15) is 11.6 Å². The number of rotatable bonds is 3. The lowest BCUT2D eigenvalue weighted by Crippen LogP contribution is -2.33. The highest BCUT2D eigenvalue weighted by Crippen LogP contribution is 2.23. The van der Waals surface area contributed by atoms with E-state index in [0.717, 1.165) is 12.1 Å². The van der Waals surface area contributed by atoms with Gasteiger partial charge in [-0.15, -0.1) is 12.4 Å². The molecule has 0 aliphatic carbocycles. The number of anilines is 1. The quantitative estimate of drug-likeness (QED) is 0.852. The van der Waals surface area contributed by atoms with Crippen LogP contribution in [-0.2, 0) is 4.74 Å². The zero-order chi connectivity index (χ0) is 10.8. The molecule has 0 unspecified atom stereocenters. The molecule has 1 heterocycles. The molecule has 0 spiro atoms. The maximum atomic E-state index is 13.3. The number of halogens is 4. The van der Waals surface area contributed by atoms with Crippen LogP contribution in [0.25, 0.3) is 0 Å². The first kappa shape index (κ1) is 13.5. The Morgan fingerprint density at radius 2 is 2.00 bits per heavy atom. The maximum Gasteiger partial charge on any atom is 0.147 e. The van der Waals surface area contributed by atoms with Crippen LogP contribution in [0.3, 0.4) is 0 Å². The van der Waals surface area contributed by atoms with Crippen LogP contribution < -0.4 is 5.32 Å². The molecule has 0 atom stereocenters. The second-order valence-corrected chi connectivity index (χ2v) is 3.94. The van der Waals surface area contributed by atoms with E-state index in [2.05, 4.69) is 5.32 Å². The number of nitrogens with one attached hydrogen (secondary N) is 1. The Morgan fingerprint density at radius 3 is 2.56 bits per heavy atom. The van der Waals surface area contributed by atoms with Gasteiger partial charge in [0.25, 0.3) is 0 Å². The zero-order valence-electron chi connectivity index (χ0n) is 8.30. The summed E-state index contributed by atoms with van der Waals surface area (Å²) in [6.07, 6.45) is 0. The Kier molecular flexibility index (Phi) is 4.77. The van der Waals surface area contributed by atoms with Crippen LogP contribution in [0.4, 0.5) is 14.5 Å². The third-order valence-electron chi connectivity index (χ3n) is 2.30. The van der Waals surface area contributed by atoms with Gasteiger partial charge in [0.15, 0.2) is 0 Å². The Labute approximate surface area is 103 Å². The van der Waals surface area contributed by atoms with Crippen molar-refractivity contribution >= 4 is 29.7 Å². The van der Waals surface area contributed by atoms with Crippen molar-refractivity contribution in [1.82, 2.24) is 0 Å². The SMILES string of the molecule is Cl.Fc1cc(NCC2COC2)c(F)cc1Cl. The van der Waals surface area contributed by atoms with E-state index in [1.54, 1.807) is 0 Å². The minimum absolute atomic E-state index is 0. The third kappa shape index (κ3) is 2.97. The highest BCUT2D eigenvalue weighted by molar-refractivity contribution is 6.30. The van der Waals surface area contributed by atoms with E-state index in [9.17, 15) is 8.78 Å². The predicted molar refractivity (Wildman–Crippen MR) is 61.4 cm³/mol. The summed E-state index contributed by atoms with van der Waals surface area (Å²) in [5, 5.41) is 2.63. The van der Waals surface area contributed by atoms with Crippen molar-refractivity contribution in [3.05, 3.63) is 28.8 Å². The van der Waals surface area contributed by atoms with Crippen LogP contribution in [0.15, 0.2) is 12.1 Å². The second-order valence-electron chi connectivity index (χ2n) is 3.53. The van der Waals surface area contributed by atoms with E-state index in [1.165, 1.54) is 0 Å². The van der Waals surface area contributed by atoms with Crippen molar-refractivity contribution in [3.8, 4) is 0 Å². The molecule has 1 saturated heterocycles. The number of benzene rings is 1. The van der Waals surface area contributed by atoms with Crippen LogP contribution in [0.5, 0.6) is 0 Å². The van der Waals surface area contributed by atoms with Gasteiger partial charge in [-0.2, -0.15) is 0 Å². The zero-order valence-corrected chi connectivity index (χ0v) is 9.88. The Balaban J connectivity index is 0.00000128. The first-order chi connectivity index (χ1) is 7.16. The average molecular weight is 270 g/mol. The molecule has 1 aromatic rings. The van der Waals surface area contributed by atoms with Crippen molar-refractivity contribution in [2.45, 2.75) is 0 Å². The fourth-order valence-electron chi connectivity index (χ4n) is 1.31. The van der Waals surface area contributed by atoms with Crippen LogP contribution in [0.2, 0.25) is 5.02 Å². The molecule has 1 aliphatic rings. The standard InChI is InChI=1S/C10H10ClF2NO.ClH/c11-7-1-9(13)10(2-8(7)12)14-3-6-4-15-5-6;/h1-2,6,14H,3-5H2;1H. The highest BCUT2D eigenvalue weighted by atomic mass is 35.5. The van der Waals surface area contributed by atoms with Crippen LogP contribution in [0, 0.1) is 17.6 Å². The van der Waals surface area contributed by atoms with Crippen molar-refractivity contribution < 1.29 is 13.5 Å². The van der Waals surface area contributed by atoms with E-state index in [0.29, 0.717) is 25.7 Å². The molecule has 2 rings (SSSR count). The van der Waals surface area contributed by atoms with E-state index >= 15 is 0 Å². The fourth-order valence-corrected chi connectivity index (χ4v) is 1.47. The van der Waals surface area contributed by atoms with Gasteiger partial charge in [0, 0.05) is 18.5 Å². The van der Waals surface area contributed by atoms with Gasteiger partial charge in [0.2, 0.25) is 0 Å². The van der Waals surface area contributed by atoms with Crippen LogP contribution >= 0.6 is 24.0 Å². The summed E-state index contributed by atoms with van der Waals surface area (Å²) in [4.78, 5) is 0. The molecular formula is C10H11Cl2F2NO. The van der Waals surface area contributed by atoms with Gasteiger partial charge in [0.05, 0.1) is 23.9 Å². The van der Waals surface area contributed by atoms with Crippen molar-refractivity contribution in [2.75, 3.05) is 25.1 Å². The van der Waals surface area contributed by atoms with E-state index in [1.807, 2.05) is 0 Å². The minimum atomic E-state index is -0.620. The molecule has 90 valence electrons. The smallest absolute Gasteiger partial charge is 0.147 e. The van der Waals surface area contributed by atoms with Gasteiger partial charge in [-0.3, -0.25) is 0 Å². The number of hydrogen-bond acceptors (Lipinski definition) is 2. The van der Waals surface area contributed by atoms with Crippen molar-refractivity contribution in [3.63, 3.8) is 0 Å². The highest BCUT2D eigenvalue weighted by Gasteiger charge is 2.18. The lowest BCUT2D eigenvalue weighted by Gasteiger charge is -2.26. The van der Waals surface area contributed by atoms with Crippen molar-refractivity contribution in [2.24, 2.45) is 5.92 Å². The molecule has 1 aliphatic heterocycles. The fraction of sp³-hybridized carbons (Fsp3) is 0.400. The molecule has 0 bridgehead atoms. The molecule has 0 aromatic heterocycles. The summed E-state index contributed by atoms with van der Waals surface area (Å²) in [5.41, 5.74) is 0.142. The Bertz CT molecular complexity index is 372. The number of ether oxygens (including phenoxy) is 1. The van der Waals surface area contributed by atoms with E-state index in [4.69, 9.17) is 16.3 Å². The van der Waals surface area contributed by atoms with Gasteiger partial charge >= 0.3 is 0 Å². The molecular weight excluding hydrogens is 259 g/mol. The van der Waals surface area contributed by atoms with Gasteiger partial charge < -0.3 is 10.1 Å². The third-order valence-corrected chi connectivity index (χ3v) is 2.59. The normalized spacial score (nSPS) is 15.2.